The summed E-state index contributed by atoms with van der Waals surface area (Å²) in [6, 6.07) is 2.54. The molecule has 1 unspecified atom stereocenters. The molecule has 0 radical (unpaired) electrons. The topological polar surface area (TPSA) is 120 Å². The van der Waals surface area contributed by atoms with Crippen LogP contribution in [0.25, 0.3) is 0 Å². The zero-order valence-electron chi connectivity index (χ0n) is 14.2. The summed E-state index contributed by atoms with van der Waals surface area (Å²) in [5, 5.41) is 11.0. The zero-order chi connectivity index (χ0) is 18.7. The number of aromatic nitrogens is 1. The number of rotatable bonds is 6. The molecule has 3 rings (SSSR count). The maximum absolute atomic E-state index is 12.8. The molecule has 1 aromatic rings. The fourth-order valence-corrected chi connectivity index (χ4v) is 5.44. The lowest BCUT2D eigenvalue weighted by atomic mass is 10.1. The van der Waals surface area contributed by atoms with Gasteiger partial charge in [-0.25, -0.2) is 8.42 Å². The molecule has 1 aromatic heterocycles. The van der Waals surface area contributed by atoms with Gasteiger partial charge in [-0.05, 0) is 41.3 Å². The molecule has 1 aliphatic heterocycles. The molecule has 1 aliphatic carbocycles. The van der Waals surface area contributed by atoms with Crippen LogP contribution in [-0.4, -0.2) is 59.3 Å². The number of carbonyl (C=O) groups is 1. The highest BCUT2D eigenvalue weighted by atomic mass is 32.2. The molecular weight excluding hydrogens is 362 g/mol. The summed E-state index contributed by atoms with van der Waals surface area (Å²) in [4.78, 5) is 28.4. The van der Waals surface area contributed by atoms with Crippen molar-refractivity contribution in [2.45, 2.75) is 44.2 Å². The van der Waals surface area contributed by atoms with Crippen LogP contribution in [0.15, 0.2) is 18.3 Å². The number of carbonyl (C=O) groups excluding carboxylic acids is 1. The van der Waals surface area contributed by atoms with E-state index < -0.39 is 20.6 Å². The van der Waals surface area contributed by atoms with Crippen LogP contribution in [0.2, 0.25) is 0 Å². The van der Waals surface area contributed by atoms with E-state index in [2.05, 4.69) is 4.98 Å². The fourth-order valence-electron chi connectivity index (χ4n) is 3.73. The Balaban J connectivity index is 1.73. The van der Waals surface area contributed by atoms with Gasteiger partial charge < -0.3 is 19.8 Å². The normalized spacial score (nSPS) is 22.2. The summed E-state index contributed by atoms with van der Waals surface area (Å²) in [6.45, 7) is -0.375. The minimum Gasteiger partial charge on any atom is -0.476 e. The Kier molecular flexibility index (Phi) is 5.40. The Bertz CT molecular complexity index is 791. The quantitative estimate of drug-likeness (QED) is 0.537. The summed E-state index contributed by atoms with van der Waals surface area (Å²) in [5.41, 5.74) is 0. The smallest absolute Gasteiger partial charge is 0.406 e. The number of nitrogens with zero attached hydrogens (tertiary/aromatic N) is 3. The maximum Gasteiger partial charge on any atom is 0.406 e. The molecule has 9 nitrogen and oxygen atoms in total. The number of sulfone groups is 1. The largest absolute Gasteiger partial charge is 0.476 e. The van der Waals surface area contributed by atoms with Crippen molar-refractivity contribution < 1.29 is 22.9 Å². The van der Waals surface area contributed by atoms with Crippen molar-refractivity contribution in [3.05, 3.63) is 28.4 Å². The highest BCUT2D eigenvalue weighted by Gasteiger charge is 2.39. The van der Waals surface area contributed by atoms with Crippen LogP contribution in [0, 0.1) is 10.1 Å². The van der Waals surface area contributed by atoms with E-state index >= 15 is 0 Å². The van der Waals surface area contributed by atoms with E-state index in [4.69, 9.17) is 4.74 Å². The summed E-state index contributed by atoms with van der Waals surface area (Å²) < 4.78 is 29.0. The molecule has 1 atom stereocenters. The lowest BCUT2D eigenvalue weighted by Gasteiger charge is -2.33. The van der Waals surface area contributed by atoms with Gasteiger partial charge in [0.05, 0.1) is 11.5 Å². The molecule has 0 bridgehead atoms. The first-order valence-corrected chi connectivity index (χ1v) is 10.4. The second kappa shape index (κ2) is 7.56. The number of pyridine rings is 1. The molecule has 0 aromatic carbocycles. The van der Waals surface area contributed by atoms with Crippen molar-refractivity contribution >= 4 is 21.6 Å². The third kappa shape index (κ3) is 4.12. The van der Waals surface area contributed by atoms with Gasteiger partial charge in [0.15, 0.2) is 16.4 Å². The number of amides is 1. The Morgan fingerprint density at radius 2 is 2.04 bits per heavy atom. The third-order valence-corrected chi connectivity index (χ3v) is 6.63. The molecule has 1 saturated heterocycles. The molecule has 0 spiro atoms. The second-order valence-electron chi connectivity index (χ2n) is 6.67. The van der Waals surface area contributed by atoms with Crippen molar-refractivity contribution in [2.24, 2.45) is 0 Å². The highest BCUT2D eigenvalue weighted by Crippen LogP contribution is 2.30. The Morgan fingerprint density at radius 1 is 1.31 bits per heavy atom. The lowest BCUT2D eigenvalue weighted by molar-refractivity contribution is -0.390. The van der Waals surface area contributed by atoms with Crippen LogP contribution in [0.1, 0.15) is 32.1 Å². The first kappa shape index (κ1) is 18.6. The van der Waals surface area contributed by atoms with Gasteiger partial charge in [0, 0.05) is 12.1 Å². The molecule has 1 saturated carbocycles. The predicted molar refractivity (Wildman–Crippen MR) is 92.5 cm³/mol. The van der Waals surface area contributed by atoms with Crippen molar-refractivity contribution in [3.8, 4) is 5.75 Å². The van der Waals surface area contributed by atoms with Crippen LogP contribution in [-0.2, 0) is 14.6 Å². The SMILES string of the molecule is O=C(COc1cccnc1[N+](=O)[O-])N(C1CCCC1)C1CCS(=O)(=O)C1. The van der Waals surface area contributed by atoms with E-state index in [9.17, 15) is 23.3 Å². The van der Waals surface area contributed by atoms with Gasteiger partial charge >= 0.3 is 5.82 Å². The summed E-state index contributed by atoms with van der Waals surface area (Å²) in [5.74, 6) is -0.796. The second-order valence-corrected chi connectivity index (χ2v) is 8.90. The van der Waals surface area contributed by atoms with Gasteiger partial charge in [-0.3, -0.25) is 4.79 Å². The molecule has 2 heterocycles. The van der Waals surface area contributed by atoms with Crippen LogP contribution in [0.3, 0.4) is 0 Å². The minimum atomic E-state index is -3.12. The van der Waals surface area contributed by atoms with Gasteiger partial charge in [-0.2, -0.15) is 0 Å². The fraction of sp³-hybridized carbons (Fsp3) is 0.625. The van der Waals surface area contributed by atoms with Gasteiger partial charge in [0.2, 0.25) is 5.75 Å². The monoisotopic (exact) mass is 383 g/mol. The van der Waals surface area contributed by atoms with E-state index in [1.54, 1.807) is 4.90 Å². The number of nitro groups is 1. The van der Waals surface area contributed by atoms with Crippen molar-refractivity contribution in [3.63, 3.8) is 0 Å². The van der Waals surface area contributed by atoms with Crippen molar-refractivity contribution in [1.82, 2.24) is 9.88 Å². The van der Waals surface area contributed by atoms with Crippen LogP contribution in [0.4, 0.5) is 5.82 Å². The van der Waals surface area contributed by atoms with E-state index in [0.717, 1.165) is 25.7 Å². The molecule has 1 amide bonds. The van der Waals surface area contributed by atoms with Gasteiger partial charge in [0.1, 0.15) is 6.20 Å². The van der Waals surface area contributed by atoms with E-state index in [0.29, 0.717) is 6.42 Å². The highest BCUT2D eigenvalue weighted by molar-refractivity contribution is 7.91. The predicted octanol–water partition coefficient (Wildman–Crippen LogP) is 1.33. The molecule has 2 fully saturated rings. The standard InChI is InChI=1S/C16H21N3O6S/c20-15(10-25-14-6-3-8-17-16(14)19(21)22)18(12-4-1-2-5-12)13-7-9-26(23,24)11-13/h3,6,8,12-13H,1-2,4-5,7,9-11H2. The summed E-state index contributed by atoms with van der Waals surface area (Å²) in [6.07, 6.45) is 5.40. The van der Waals surface area contributed by atoms with Gasteiger partial charge in [-0.15, -0.1) is 0 Å². The van der Waals surface area contributed by atoms with E-state index in [-0.39, 0.29) is 41.9 Å². The lowest BCUT2D eigenvalue weighted by Crippen LogP contribution is -2.48. The molecule has 142 valence electrons. The molecular formula is C16H21N3O6S. The van der Waals surface area contributed by atoms with E-state index in [1.165, 1.54) is 18.3 Å². The number of hydrogen-bond acceptors (Lipinski definition) is 7. The average Bonchev–Trinajstić information content (AvgIpc) is 3.23. The minimum absolute atomic E-state index is 0.00767. The number of hydrogen-bond donors (Lipinski definition) is 0. The first-order valence-electron chi connectivity index (χ1n) is 8.61. The van der Waals surface area contributed by atoms with Gasteiger partial charge in [0.25, 0.3) is 5.91 Å². The zero-order valence-corrected chi connectivity index (χ0v) is 15.1. The third-order valence-electron chi connectivity index (χ3n) is 4.88. The van der Waals surface area contributed by atoms with Gasteiger partial charge in [-0.1, -0.05) is 12.8 Å². The Hall–Kier alpha value is -2.23. The molecule has 26 heavy (non-hydrogen) atoms. The number of ether oxygens (including phenoxy) is 1. The average molecular weight is 383 g/mol. The summed E-state index contributed by atoms with van der Waals surface area (Å²) >= 11 is 0. The molecule has 0 N–H and O–H groups in total. The first-order chi connectivity index (χ1) is 12.4. The van der Waals surface area contributed by atoms with Crippen LogP contribution < -0.4 is 4.74 Å². The molecule has 10 heteroatoms. The van der Waals surface area contributed by atoms with Crippen LogP contribution >= 0.6 is 0 Å². The summed E-state index contributed by atoms with van der Waals surface area (Å²) in [7, 11) is -3.12. The Labute approximate surface area is 151 Å². The van der Waals surface area contributed by atoms with Crippen molar-refractivity contribution in [1.29, 1.82) is 0 Å². The van der Waals surface area contributed by atoms with E-state index in [1.807, 2.05) is 0 Å². The van der Waals surface area contributed by atoms with Crippen molar-refractivity contribution in [2.75, 3.05) is 18.1 Å². The van der Waals surface area contributed by atoms with Crippen LogP contribution in [0.5, 0.6) is 5.75 Å². The maximum atomic E-state index is 12.8. The molecule has 2 aliphatic rings. The Morgan fingerprint density at radius 3 is 2.65 bits per heavy atom.